The third kappa shape index (κ3) is 14.3. The van der Waals surface area contributed by atoms with Crippen LogP contribution >= 0.6 is 0 Å². The minimum absolute atomic E-state index is 0. The Morgan fingerprint density at radius 3 is 1.39 bits per heavy atom. The summed E-state index contributed by atoms with van der Waals surface area (Å²) in [7, 11) is 0. The molecule has 2 atom stereocenters. The van der Waals surface area contributed by atoms with E-state index in [9.17, 15) is 10.2 Å². The number of carbonyl (C=O) groups is 2. The smallest absolute Gasteiger partial charge is 0.550 e. The molecule has 0 aliphatic rings. The molecule has 9 heteroatoms. The van der Waals surface area contributed by atoms with Crippen LogP contribution < -0.4 is 10.2 Å². The van der Waals surface area contributed by atoms with Crippen molar-refractivity contribution in [2.75, 3.05) is 0 Å². The van der Waals surface area contributed by atoms with Gasteiger partial charge in [-0.2, -0.15) is 0 Å². The fraction of sp³-hybridized carbons (Fsp3) is 0.312. The topological polar surface area (TPSA) is 145 Å². The number of hydrogen-bond donors (Lipinski definition) is 2. The summed E-state index contributed by atoms with van der Waals surface area (Å²) in [6.45, 7) is 10.6. The van der Waals surface area contributed by atoms with Gasteiger partial charge in [0.15, 0.2) is 0 Å². The fourth-order valence-corrected chi connectivity index (χ4v) is 3.38. The van der Waals surface area contributed by atoms with Crippen LogP contribution in [0.1, 0.15) is 88.5 Å². The normalized spacial score (nSPS) is 11.9. The number of hydrogen-bond acceptors (Lipinski definition) is 8. The summed E-state index contributed by atoms with van der Waals surface area (Å²) in [5, 5.41) is 38.2. The van der Waals surface area contributed by atoms with Crippen molar-refractivity contribution >= 4 is 35.7 Å². The first-order chi connectivity index (χ1) is 18.9. The van der Waals surface area contributed by atoms with Gasteiger partial charge in [0, 0.05) is 35.5 Å². The van der Waals surface area contributed by atoms with Gasteiger partial charge >= 0.3 is 16.8 Å². The zero-order chi connectivity index (χ0) is 30.2. The van der Waals surface area contributed by atoms with Gasteiger partial charge in [-0.3, -0.25) is 9.98 Å². The molecule has 3 aromatic carbocycles. The van der Waals surface area contributed by atoms with Crippen LogP contribution in [0.5, 0.6) is 11.5 Å². The molecule has 0 aromatic heterocycles. The molecule has 0 spiro atoms. The van der Waals surface area contributed by atoms with E-state index in [4.69, 9.17) is 19.8 Å². The third-order valence-corrected chi connectivity index (χ3v) is 6.00. The van der Waals surface area contributed by atoms with Crippen LogP contribution in [0.2, 0.25) is 0 Å². The second-order valence-electron chi connectivity index (χ2n) is 9.27. The molecule has 0 saturated carbocycles. The number of rotatable bonds is 8. The molecule has 1 radical (unpaired) electrons. The molecular weight excluding hydrogens is 567 g/mol. The van der Waals surface area contributed by atoms with Crippen LogP contribution in [0, 0.1) is 0 Å². The van der Waals surface area contributed by atoms with Crippen LogP contribution in [0.25, 0.3) is 0 Å². The number of benzene rings is 3. The molecule has 0 saturated heterocycles. The van der Waals surface area contributed by atoms with Crippen LogP contribution in [-0.4, -0.2) is 34.6 Å². The molecule has 0 amide bonds. The number of aliphatic carboxylic acids is 2. The zero-order valence-corrected chi connectivity index (χ0v) is 25.3. The Bertz CT molecular complexity index is 1220. The van der Waals surface area contributed by atoms with Gasteiger partial charge in [0.25, 0.3) is 0 Å². The second kappa shape index (κ2) is 19.2. The molecule has 0 heterocycles. The number of aliphatic imine (C=N–C) groups is 2. The van der Waals surface area contributed by atoms with E-state index in [0.29, 0.717) is 23.0 Å². The van der Waals surface area contributed by atoms with Crippen molar-refractivity contribution in [3.8, 4) is 11.5 Å². The molecule has 8 nitrogen and oxygen atoms in total. The van der Waals surface area contributed by atoms with Crippen molar-refractivity contribution in [3.05, 3.63) is 82.9 Å². The monoisotopic (exact) mass is 605 g/mol. The Labute approximate surface area is 252 Å². The van der Waals surface area contributed by atoms with Gasteiger partial charge in [-0.1, -0.05) is 45.9 Å². The van der Waals surface area contributed by atoms with Gasteiger partial charge < -0.3 is 30.0 Å². The quantitative estimate of drug-likeness (QED) is 0.340. The van der Waals surface area contributed by atoms with E-state index in [1.54, 1.807) is 24.6 Å². The molecule has 2 unspecified atom stereocenters. The van der Waals surface area contributed by atoms with E-state index in [0.717, 1.165) is 38.1 Å². The summed E-state index contributed by atoms with van der Waals surface area (Å²) in [6, 6.07) is 18.9. The molecule has 0 aliphatic carbocycles. The number of carboxylic acids is 2. The summed E-state index contributed by atoms with van der Waals surface area (Å²) in [6.07, 6.45) is 5.45. The summed E-state index contributed by atoms with van der Waals surface area (Å²) < 4.78 is 0. The summed E-state index contributed by atoms with van der Waals surface area (Å²) in [5.74, 6) is -0.885. The standard InChI is InChI=1S/C28H32N2O2.2C2H4O2.Co/c1-5-19(3)21-10-12-27(31)23(14-21)17-29-25-8-7-9-26(16-25)30-18-24-15-22(20(4)6-2)11-13-28(24)32;2*1-2(3)4;/h7-20,31-32H,5-6H2,1-4H3;2*1H3,(H,3,4);/q;;;+2/p-2. The van der Waals surface area contributed by atoms with Gasteiger partial charge in [-0.25, -0.2) is 0 Å². The van der Waals surface area contributed by atoms with Crippen molar-refractivity contribution in [3.63, 3.8) is 0 Å². The van der Waals surface area contributed by atoms with Crippen LogP contribution in [0.4, 0.5) is 11.4 Å². The maximum atomic E-state index is 10.2. The molecule has 0 fully saturated rings. The first-order valence-corrected chi connectivity index (χ1v) is 13.1. The number of aromatic hydroxyl groups is 2. The van der Waals surface area contributed by atoms with Crippen LogP contribution in [0.3, 0.4) is 0 Å². The summed E-state index contributed by atoms with van der Waals surface area (Å²) in [5.41, 5.74) is 5.25. The van der Waals surface area contributed by atoms with Crippen molar-refractivity contribution in [2.24, 2.45) is 9.98 Å². The average Bonchev–Trinajstić information content (AvgIpc) is 2.91. The molecule has 221 valence electrons. The number of carboxylic acid groups (broad SMARTS) is 2. The van der Waals surface area contributed by atoms with E-state index in [1.807, 2.05) is 48.5 Å². The largest absolute Gasteiger partial charge is 2.00 e. The van der Waals surface area contributed by atoms with Gasteiger partial charge in [0.2, 0.25) is 0 Å². The van der Waals surface area contributed by atoms with Crippen molar-refractivity contribution in [1.29, 1.82) is 0 Å². The van der Waals surface area contributed by atoms with E-state index >= 15 is 0 Å². The molecule has 41 heavy (non-hydrogen) atoms. The fourth-order valence-electron chi connectivity index (χ4n) is 3.38. The Kier molecular flexibility index (Phi) is 17.3. The first-order valence-electron chi connectivity index (χ1n) is 13.1. The van der Waals surface area contributed by atoms with Gasteiger partial charge in [0.1, 0.15) is 11.5 Å². The molecule has 0 bridgehead atoms. The molecule has 3 aromatic rings. The predicted octanol–water partition coefficient (Wildman–Crippen LogP) is 5.14. The van der Waals surface area contributed by atoms with Crippen molar-refractivity contribution in [1.82, 2.24) is 0 Å². The molecular formula is C32H38CoN2O6. The van der Waals surface area contributed by atoms with Crippen LogP contribution in [-0.2, 0) is 26.4 Å². The zero-order valence-electron chi connectivity index (χ0n) is 24.3. The first kappa shape index (κ1) is 37.0. The number of phenolic OH excluding ortho intramolecular Hbond substituents is 2. The Morgan fingerprint density at radius 1 is 0.732 bits per heavy atom. The minimum Gasteiger partial charge on any atom is -0.550 e. The second-order valence-corrected chi connectivity index (χ2v) is 9.27. The summed E-state index contributed by atoms with van der Waals surface area (Å²) in [4.78, 5) is 26.9. The average molecular weight is 606 g/mol. The summed E-state index contributed by atoms with van der Waals surface area (Å²) >= 11 is 0. The van der Waals surface area contributed by atoms with Gasteiger partial charge in [-0.05, 0) is 92.1 Å². The maximum absolute atomic E-state index is 10.2. The predicted molar refractivity (Wildman–Crippen MR) is 156 cm³/mol. The van der Waals surface area contributed by atoms with E-state index in [2.05, 4.69) is 37.7 Å². The van der Waals surface area contributed by atoms with E-state index in [-0.39, 0.29) is 28.3 Å². The van der Waals surface area contributed by atoms with Gasteiger partial charge in [0.05, 0.1) is 11.4 Å². The number of phenols is 2. The number of nitrogens with zero attached hydrogens (tertiary/aromatic N) is 2. The molecule has 2 N–H and O–H groups in total. The maximum Gasteiger partial charge on any atom is 2.00 e. The van der Waals surface area contributed by atoms with Crippen LogP contribution in [0.15, 0.2) is 70.6 Å². The van der Waals surface area contributed by atoms with E-state index < -0.39 is 11.9 Å². The minimum atomic E-state index is -1.08. The molecule has 3 rings (SSSR count). The third-order valence-electron chi connectivity index (χ3n) is 6.00. The van der Waals surface area contributed by atoms with E-state index in [1.165, 1.54) is 11.1 Å². The Morgan fingerprint density at radius 2 is 1.07 bits per heavy atom. The van der Waals surface area contributed by atoms with Crippen molar-refractivity contribution < 1.29 is 46.8 Å². The Balaban J connectivity index is 0.00000158. The Hall–Kier alpha value is -3.95. The molecule has 0 aliphatic heterocycles. The van der Waals surface area contributed by atoms with Crippen molar-refractivity contribution in [2.45, 2.75) is 66.2 Å². The van der Waals surface area contributed by atoms with Gasteiger partial charge in [-0.15, -0.1) is 0 Å². The SMILES string of the molecule is CC(=O)[O-].CC(=O)[O-].CCC(C)c1ccc(O)c(C=Nc2cccc(N=Cc3cc(C(C)CC)ccc3O)c2)c1.[Co+2]. The number of carbonyl (C=O) groups excluding carboxylic acids is 2.